The number of alkyl halides is 6. The van der Waals surface area contributed by atoms with Crippen molar-refractivity contribution in [2.24, 2.45) is 0 Å². The zero-order chi connectivity index (χ0) is 28.4. The zero-order valence-electron chi connectivity index (χ0n) is 20.5. The van der Waals surface area contributed by atoms with Crippen LogP contribution in [0.1, 0.15) is 25.0 Å². The largest absolute Gasteiger partial charge is 0.420 e. The predicted molar refractivity (Wildman–Crippen MR) is 123 cm³/mol. The topological polar surface area (TPSA) is 62.3 Å². The molecule has 1 saturated heterocycles. The first-order valence-electron chi connectivity index (χ1n) is 11.3. The number of benzene rings is 2. The Kier molecular flexibility index (Phi) is 8.44. The molecule has 0 unspecified atom stereocenters. The van der Waals surface area contributed by atoms with Crippen LogP contribution in [0, 0.1) is 5.82 Å². The number of nitrogens with zero attached hydrogens (tertiary/aromatic N) is 3. The van der Waals surface area contributed by atoms with Crippen LogP contribution in [0.4, 0.5) is 51.7 Å². The molecule has 14 heteroatoms. The minimum Gasteiger partial charge on any atom is -0.407 e. The summed E-state index contributed by atoms with van der Waals surface area (Å²) in [5.74, 6) is -1.91. The Labute approximate surface area is 213 Å². The van der Waals surface area contributed by atoms with Gasteiger partial charge in [0.1, 0.15) is 11.4 Å². The van der Waals surface area contributed by atoms with Crippen molar-refractivity contribution < 1.29 is 49.8 Å². The summed E-state index contributed by atoms with van der Waals surface area (Å²) >= 11 is 0. The van der Waals surface area contributed by atoms with Gasteiger partial charge in [-0.1, -0.05) is 0 Å². The second kappa shape index (κ2) is 11.1. The molecular weight excluding hydrogens is 527 g/mol. The number of amides is 3. The van der Waals surface area contributed by atoms with Crippen molar-refractivity contribution in [1.82, 2.24) is 4.90 Å². The Balaban J connectivity index is 2.05. The van der Waals surface area contributed by atoms with E-state index in [2.05, 4.69) is 0 Å². The summed E-state index contributed by atoms with van der Waals surface area (Å²) in [5, 5.41) is 0. The summed E-state index contributed by atoms with van der Waals surface area (Å²) < 4.78 is 106. The number of hydrogen-bond donors (Lipinski definition) is 0. The Bertz CT molecular complexity index is 1170. The predicted octanol–water partition coefficient (Wildman–Crippen LogP) is 6.17. The second-order valence-corrected chi connectivity index (χ2v) is 8.61. The van der Waals surface area contributed by atoms with Crippen LogP contribution in [0.3, 0.4) is 0 Å². The van der Waals surface area contributed by atoms with Crippen molar-refractivity contribution >= 4 is 23.5 Å². The fourth-order valence-corrected chi connectivity index (χ4v) is 3.63. The van der Waals surface area contributed by atoms with Gasteiger partial charge in [0, 0.05) is 32.4 Å². The lowest BCUT2D eigenvalue weighted by atomic mass is 10.1. The molecule has 3 rings (SSSR count). The van der Waals surface area contributed by atoms with Crippen LogP contribution in [0.5, 0.6) is 5.75 Å². The monoisotopic (exact) mass is 551 g/mol. The molecule has 0 aromatic heterocycles. The van der Waals surface area contributed by atoms with E-state index in [1.807, 2.05) is 0 Å². The fraction of sp³-hybridized carbons (Fsp3) is 0.417. The van der Waals surface area contributed by atoms with Crippen LogP contribution in [0.25, 0.3) is 0 Å². The van der Waals surface area contributed by atoms with E-state index in [9.17, 15) is 40.3 Å². The van der Waals surface area contributed by atoms with Gasteiger partial charge in [-0.2, -0.15) is 26.3 Å². The molecule has 1 heterocycles. The Morgan fingerprint density at radius 3 is 2.21 bits per heavy atom. The van der Waals surface area contributed by atoms with E-state index < -0.39 is 52.9 Å². The van der Waals surface area contributed by atoms with E-state index in [1.165, 1.54) is 4.90 Å². The maximum atomic E-state index is 14.0. The molecule has 7 nitrogen and oxygen atoms in total. The number of hydrogen-bond acceptors (Lipinski definition) is 4. The second-order valence-electron chi connectivity index (χ2n) is 8.61. The highest BCUT2D eigenvalue weighted by Gasteiger charge is 2.44. The lowest BCUT2D eigenvalue weighted by Gasteiger charge is -2.26. The quantitative estimate of drug-likeness (QED) is 0.387. The molecule has 2 aromatic rings. The van der Waals surface area contributed by atoms with Crippen molar-refractivity contribution in [2.45, 2.75) is 32.3 Å². The summed E-state index contributed by atoms with van der Waals surface area (Å²) in [4.78, 5) is 28.4. The van der Waals surface area contributed by atoms with Gasteiger partial charge in [0.2, 0.25) is 0 Å². The van der Waals surface area contributed by atoms with Crippen LogP contribution < -0.4 is 14.5 Å². The smallest absolute Gasteiger partial charge is 0.407 e. The van der Waals surface area contributed by atoms with Gasteiger partial charge in [0.05, 0.1) is 24.0 Å². The van der Waals surface area contributed by atoms with E-state index in [0.29, 0.717) is 11.0 Å². The number of carbonyl (C=O) groups excluding carboxylic acids is 2. The van der Waals surface area contributed by atoms with Crippen molar-refractivity contribution in [1.29, 1.82) is 0 Å². The van der Waals surface area contributed by atoms with Gasteiger partial charge in [-0.15, -0.1) is 0 Å². The fourth-order valence-electron chi connectivity index (χ4n) is 3.63. The first kappa shape index (κ1) is 29.0. The van der Waals surface area contributed by atoms with Crippen LogP contribution in [-0.2, 0) is 17.1 Å². The highest BCUT2D eigenvalue weighted by atomic mass is 19.4. The maximum absolute atomic E-state index is 14.0. The standard InChI is InChI=1S/C24H24F7N3O4/c1-14(2)37-11-10-33-8-9-34(21(33)35)19-13-15(23(26,27)28)12-18(24(29,30)31)20(19)38-22(36)32(3)17-6-4-16(25)5-7-17/h4-7,12-14H,8-11H2,1-3H3. The van der Waals surface area contributed by atoms with Crippen molar-refractivity contribution in [3.63, 3.8) is 0 Å². The van der Waals surface area contributed by atoms with Gasteiger partial charge in [-0.3, -0.25) is 9.80 Å². The summed E-state index contributed by atoms with van der Waals surface area (Å²) in [6.07, 6.45) is -12.1. The van der Waals surface area contributed by atoms with E-state index in [1.54, 1.807) is 13.8 Å². The molecule has 1 aliphatic heterocycles. The summed E-state index contributed by atoms with van der Waals surface area (Å²) in [6, 6.07) is 3.55. The molecule has 0 spiro atoms. The number of halogens is 7. The van der Waals surface area contributed by atoms with Crippen LogP contribution in [-0.4, -0.2) is 56.4 Å². The van der Waals surface area contributed by atoms with Gasteiger partial charge >= 0.3 is 24.5 Å². The highest BCUT2D eigenvalue weighted by molar-refractivity contribution is 5.97. The molecule has 0 bridgehead atoms. The third-order valence-corrected chi connectivity index (χ3v) is 5.58. The lowest BCUT2D eigenvalue weighted by Crippen LogP contribution is -2.35. The van der Waals surface area contributed by atoms with Crippen molar-refractivity contribution in [2.75, 3.05) is 43.1 Å². The van der Waals surface area contributed by atoms with Gasteiger partial charge in [-0.05, 0) is 50.2 Å². The van der Waals surface area contributed by atoms with Crippen LogP contribution >= 0.6 is 0 Å². The van der Waals surface area contributed by atoms with Crippen molar-refractivity contribution in [3.05, 3.63) is 53.3 Å². The minimum absolute atomic E-state index is 0.0131. The Morgan fingerprint density at radius 2 is 1.66 bits per heavy atom. The first-order chi connectivity index (χ1) is 17.6. The average Bonchev–Trinajstić information content (AvgIpc) is 3.17. The van der Waals surface area contributed by atoms with Gasteiger partial charge < -0.3 is 14.4 Å². The van der Waals surface area contributed by atoms with Gasteiger partial charge in [0.15, 0.2) is 5.75 Å². The Morgan fingerprint density at radius 1 is 1.03 bits per heavy atom. The average molecular weight is 551 g/mol. The molecule has 208 valence electrons. The summed E-state index contributed by atoms with van der Waals surface area (Å²) in [6.45, 7) is 3.36. The maximum Gasteiger partial charge on any atom is 0.420 e. The van der Waals surface area contributed by atoms with E-state index in [-0.39, 0.29) is 44.1 Å². The highest BCUT2D eigenvalue weighted by Crippen LogP contribution is 2.47. The molecule has 2 aromatic carbocycles. The molecule has 1 aliphatic rings. The van der Waals surface area contributed by atoms with E-state index in [0.717, 1.165) is 36.2 Å². The van der Waals surface area contributed by atoms with E-state index >= 15 is 0 Å². The molecular formula is C24H24F7N3O4. The number of ether oxygens (including phenoxy) is 2. The molecule has 0 aliphatic carbocycles. The van der Waals surface area contributed by atoms with Crippen LogP contribution in [0.2, 0.25) is 0 Å². The van der Waals surface area contributed by atoms with E-state index in [4.69, 9.17) is 9.47 Å². The first-order valence-corrected chi connectivity index (χ1v) is 11.3. The zero-order valence-corrected chi connectivity index (χ0v) is 20.5. The van der Waals surface area contributed by atoms with Crippen molar-refractivity contribution in [3.8, 4) is 5.75 Å². The van der Waals surface area contributed by atoms with Gasteiger partial charge in [-0.25, -0.2) is 14.0 Å². The molecule has 38 heavy (non-hydrogen) atoms. The molecule has 3 amide bonds. The summed E-state index contributed by atoms with van der Waals surface area (Å²) in [7, 11) is 1.12. The third kappa shape index (κ3) is 6.65. The third-order valence-electron chi connectivity index (χ3n) is 5.58. The lowest BCUT2D eigenvalue weighted by molar-refractivity contribution is -0.143. The SMILES string of the molecule is CC(C)OCCN1CCN(c2cc(C(F)(F)F)cc(C(F)(F)F)c2OC(=O)N(C)c2ccc(F)cc2)C1=O. The molecule has 1 fully saturated rings. The molecule has 0 atom stereocenters. The summed E-state index contributed by atoms with van der Waals surface area (Å²) in [5.41, 5.74) is -4.41. The Hall–Kier alpha value is -3.55. The number of urea groups is 1. The molecule has 0 saturated carbocycles. The molecule has 0 radical (unpaired) electrons. The van der Waals surface area contributed by atoms with Gasteiger partial charge in [0.25, 0.3) is 0 Å². The van der Waals surface area contributed by atoms with Crippen LogP contribution in [0.15, 0.2) is 36.4 Å². The number of rotatable bonds is 7. The molecule has 0 N–H and O–H groups in total. The normalized spacial score (nSPS) is 14.4. The number of carbonyl (C=O) groups is 2. The minimum atomic E-state index is -5.38. The number of anilines is 2.